The predicted octanol–water partition coefficient (Wildman–Crippen LogP) is 9.25. The highest BCUT2D eigenvalue weighted by atomic mass is 16.6. The summed E-state index contributed by atoms with van der Waals surface area (Å²) in [5.41, 5.74) is 0. The lowest BCUT2D eigenvalue weighted by atomic mass is 10.0. The van der Waals surface area contributed by atoms with Crippen LogP contribution in [0.25, 0.3) is 0 Å². The van der Waals surface area contributed by atoms with Gasteiger partial charge in [-0.1, -0.05) is 159 Å². The Balaban J connectivity index is 3.71. The van der Waals surface area contributed by atoms with Crippen LogP contribution in [0, 0.1) is 5.92 Å². The minimum Gasteiger partial charge on any atom is -0.463 e. The number of rotatable bonds is 32. The number of hydrogen-bond acceptors (Lipinski definition) is 7. The molecule has 0 bridgehead atoms. The van der Waals surface area contributed by atoms with Crippen molar-refractivity contribution in [2.24, 2.45) is 5.92 Å². The highest BCUT2D eigenvalue weighted by molar-refractivity contribution is 5.69. The molecule has 0 saturated heterocycles. The first-order chi connectivity index (χ1) is 22.7. The maximum Gasteiger partial charge on any atom is 0.305 e. The van der Waals surface area contributed by atoms with Gasteiger partial charge in [-0.3, -0.25) is 9.59 Å². The van der Waals surface area contributed by atoms with E-state index in [1.54, 1.807) is 12.2 Å². The van der Waals surface area contributed by atoms with Crippen LogP contribution in [0.15, 0.2) is 48.6 Å². The number of ether oxygens (including phenoxy) is 2. The molecule has 0 aromatic rings. The highest BCUT2D eigenvalue weighted by Crippen LogP contribution is 2.14. The summed E-state index contributed by atoms with van der Waals surface area (Å²) in [6.07, 6.45) is 33.8. The Bertz CT molecular complexity index is 846. The van der Waals surface area contributed by atoms with Crippen LogP contribution in [0.1, 0.15) is 156 Å². The monoisotopic (exact) mass is 663 g/mol. The lowest BCUT2D eigenvalue weighted by Gasteiger charge is -2.12. The van der Waals surface area contributed by atoms with Gasteiger partial charge in [0, 0.05) is 12.8 Å². The molecule has 0 rings (SSSR count). The van der Waals surface area contributed by atoms with Crippen LogP contribution >= 0.6 is 0 Å². The van der Waals surface area contributed by atoms with Crippen molar-refractivity contribution >= 4 is 11.9 Å². The van der Waals surface area contributed by atoms with Crippen LogP contribution in [0.3, 0.4) is 0 Å². The zero-order valence-electron chi connectivity index (χ0n) is 30.2. The maximum absolute atomic E-state index is 12.0. The van der Waals surface area contributed by atoms with Crippen molar-refractivity contribution in [2.75, 3.05) is 13.2 Å². The topological polar surface area (TPSA) is 113 Å². The molecule has 3 atom stereocenters. The van der Waals surface area contributed by atoms with Crippen molar-refractivity contribution in [1.29, 1.82) is 0 Å². The summed E-state index contributed by atoms with van der Waals surface area (Å²) in [6.45, 7) is 6.32. The molecule has 0 unspecified atom stereocenters. The molecule has 272 valence electrons. The fourth-order valence-corrected chi connectivity index (χ4v) is 5.01. The zero-order valence-corrected chi connectivity index (χ0v) is 30.2. The first kappa shape index (κ1) is 44.8. The van der Waals surface area contributed by atoms with Crippen LogP contribution in [0.5, 0.6) is 0 Å². The van der Waals surface area contributed by atoms with Crippen molar-refractivity contribution in [3.05, 3.63) is 48.6 Å². The largest absolute Gasteiger partial charge is 0.463 e. The van der Waals surface area contributed by atoms with Gasteiger partial charge in [0.25, 0.3) is 0 Å². The second-order valence-corrected chi connectivity index (χ2v) is 13.2. The van der Waals surface area contributed by atoms with E-state index in [2.05, 4.69) is 20.8 Å². The number of carbonyl (C=O) groups is 2. The minimum absolute atomic E-state index is 0.136. The van der Waals surface area contributed by atoms with Gasteiger partial charge in [-0.2, -0.15) is 0 Å². The molecule has 0 fully saturated rings. The summed E-state index contributed by atoms with van der Waals surface area (Å²) in [5, 5.41) is 29.9. The van der Waals surface area contributed by atoms with E-state index >= 15 is 0 Å². The second-order valence-electron chi connectivity index (χ2n) is 13.2. The molecule has 7 heteroatoms. The third-order valence-corrected chi connectivity index (χ3v) is 7.95. The third-order valence-electron chi connectivity index (χ3n) is 7.95. The number of aliphatic hydroxyl groups excluding tert-OH is 3. The van der Waals surface area contributed by atoms with Crippen molar-refractivity contribution in [1.82, 2.24) is 0 Å². The van der Waals surface area contributed by atoms with Crippen molar-refractivity contribution in [2.45, 2.75) is 174 Å². The summed E-state index contributed by atoms with van der Waals surface area (Å²) < 4.78 is 10.2. The van der Waals surface area contributed by atoms with Gasteiger partial charge in [-0.15, -0.1) is 0 Å². The molecule has 0 saturated carbocycles. The van der Waals surface area contributed by atoms with Gasteiger partial charge in [0.15, 0.2) is 0 Å². The molecule has 7 nitrogen and oxygen atoms in total. The summed E-state index contributed by atoms with van der Waals surface area (Å²) in [7, 11) is 0. The number of hydrogen-bond donors (Lipinski definition) is 3. The zero-order chi connectivity index (χ0) is 34.8. The van der Waals surface area contributed by atoms with Crippen molar-refractivity contribution in [3.8, 4) is 0 Å². The second kappa shape index (κ2) is 33.7. The molecule has 0 heterocycles. The number of allylic oxidation sites excluding steroid dienone is 6. The van der Waals surface area contributed by atoms with E-state index in [0.717, 1.165) is 57.3 Å². The van der Waals surface area contributed by atoms with Gasteiger partial charge in [-0.25, -0.2) is 0 Å². The van der Waals surface area contributed by atoms with Crippen molar-refractivity contribution < 1.29 is 34.4 Å². The van der Waals surface area contributed by atoms with E-state index in [1.165, 1.54) is 57.8 Å². The van der Waals surface area contributed by atoms with E-state index in [9.17, 15) is 24.9 Å². The predicted molar refractivity (Wildman–Crippen MR) is 194 cm³/mol. The standard InChI is InChI=1S/C40H70O7/c1-4-5-20-27-36(41)28-22-17-13-11-14-18-23-29-37(42)30-25-32-40(45)47-34-38(43)33-46-39(44)31-24-19-15-10-8-6-7-9-12-16-21-26-35(2)3/h13-14,17-18,22-23,28-29,35-38,41-43H,4-12,15-16,19-21,24-27,30-34H2,1-3H3/b17-13-,18-14-,28-22+,29-23+/t36-,37-,38-/m0/s1. The maximum atomic E-state index is 12.0. The van der Waals surface area contributed by atoms with Crippen LogP contribution in [0.4, 0.5) is 0 Å². The SMILES string of the molecule is CCCCC[C@H](O)/C=C/C=C\C/C=C\C=C\[C@H](O)CCCC(=O)OC[C@@H](O)COC(=O)CCCCCCCCCCCCCC(C)C. The van der Waals surface area contributed by atoms with Crippen LogP contribution in [0.2, 0.25) is 0 Å². The smallest absolute Gasteiger partial charge is 0.305 e. The minimum atomic E-state index is -1.05. The molecule has 0 aliphatic carbocycles. The number of esters is 2. The van der Waals surface area contributed by atoms with E-state index in [4.69, 9.17) is 9.47 Å². The van der Waals surface area contributed by atoms with Gasteiger partial charge in [-0.05, 0) is 38.0 Å². The molecule has 0 aliphatic rings. The van der Waals surface area contributed by atoms with E-state index in [0.29, 0.717) is 19.3 Å². The third kappa shape index (κ3) is 34.9. The van der Waals surface area contributed by atoms with Gasteiger partial charge in [0.2, 0.25) is 0 Å². The average molecular weight is 663 g/mol. The Hall–Kier alpha value is -2.22. The quantitative estimate of drug-likeness (QED) is 0.0374. The molecule has 3 N–H and O–H groups in total. The van der Waals surface area contributed by atoms with E-state index in [-0.39, 0.29) is 31.7 Å². The number of unbranched alkanes of at least 4 members (excludes halogenated alkanes) is 12. The van der Waals surface area contributed by atoms with Crippen LogP contribution < -0.4 is 0 Å². The summed E-state index contributed by atoms with van der Waals surface area (Å²) in [4.78, 5) is 23.9. The van der Waals surface area contributed by atoms with Gasteiger partial charge < -0.3 is 24.8 Å². The molecule has 47 heavy (non-hydrogen) atoms. The van der Waals surface area contributed by atoms with Crippen LogP contribution in [-0.4, -0.2) is 58.8 Å². The fourth-order valence-electron chi connectivity index (χ4n) is 5.01. The average Bonchev–Trinajstić information content (AvgIpc) is 3.04. The molecule has 0 radical (unpaired) electrons. The van der Waals surface area contributed by atoms with E-state index < -0.39 is 18.2 Å². The first-order valence-electron chi connectivity index (χ1n) is 18.8. The van der Waals surface area contributed by atoms with Gasteiger partial charge >= 0.3 is 11.9 Å². The lowest BCUT2D eigenvalue weighted by Crippen LogP contribution is -2.25. The first-order valence-corrected chi connectivity index (χ1v) is 18.8. The van der Waals surface area contributed by atoms with Gasteiger partial charge in [0.1, 0.15) is 19.3 Å². The molecule has 0 aromatic heterocycles. The highest BCUT2D eigenvalue weighted by Gasteiger charge is 2.12. The van der Waals surface area contributed by atoms with Gasteiger partial charge in [0.05, 0.1) is 12.2 Å². The Kier molecular flexibility index (Phi) is 32.1. The molecular weight excluding hydrogens is 592 g/mol. The molecule has 0 spiro atoms. The van der Waals surface area contributed by atoms with Crippen molar-refractivity contribution in [3.63, 3.8) is 0 Å². The Labute approximate surface area is 287 Å². The molecule has 0 aromatic carbocycles. The van der Waals surface area contributed by atoms with E-state index in [1.807, 2.05) is 36.5 Å². The Morgan fingerprint density at radius 2 is 0.979 bits per heavy atom. The fraction of sp³-hybridized carbons (Fsp3) is 0.750. The number of carbonyl (C=O) groups excluding carboxylic acids is 2. The molecular formula is C40H70O7. The summed E-state index contributed by atoms with van der Waals surface area (Å²) in [6, 6.07) is 0. The van der Waals surface area contributed by atoms with Crippen LogP contribution in [-0.2, 0) is 19.1 Å². The summed E-state index contributed by atoms with van der Waals surface area (Å²) in [5.74, 6) is 0.0344. The molecule has 0 aliphatic heterocycles. The molecule has 0 amide bonds. The summed E-state index contributed by atoms with van der Waals surface area (Å²) >= 11 is 0. The Morgan fingerprint density at radius 3 is 1.47 bits per heavy atom. The Morgan fingerprint density at radius 1 is 0.553 bits per heavy atom. The number of aliphatic hydroxyl groups is 3. The lowest BCUT2D eigenvalue weighted by molar-refractivity contribution is -0.152. The normalized spacial score (nSPS) is 14.2.